The van der Waals surface area contributed by atoms with Crippen LogP contribution in [0.2, 0.25) is 0 Å². The molecule has 0 unspecified atom stereocenters. The number of alkyl halides is 3. The smallest absolute Gasteiger partial charge is 0.380 e. The normalized spacial score (nSPS) is 17.7. The molecule has 1 aliphatic rings. The quantitative estimate of drug-likeness (QED) is 0.819. The number of carbonyl (C=O) groups is 2. The van der Waals surface area contributed by atoms with Gasteiger partial charge >= 0.3 is 12.2 Å². The number of ketones is 1. The first-order valence-electron chi connectivity index (χ1n) is 7.08. The van der Waals surface area contributed by atoms with Gasteiger partial charge in [0.1, 0.15) is 0 Å². The lowest BCUT2D eigenvalue weighted by Gasteiger charge is -2.38. The Balaban J connectivity index is 1.98. The number of benzene rings is 1. The zero-order chi connectivity index (χ0) is 17.3. The second-order valence-corrected chi connectivity index (χ2v) is 5.58. The lowest BCUT2D eigenvalue weighted by atomic mass is 9.91. The molecule has 0 radical (unpaired) electrons. The molecule has 0 saturated carbocycles. The molecule has 2 N–H and O–H groups in total. The van der Waals surface area contributed by atoms with Gasteiger partial charge in [0.05, 0.1) is 0 Å². The van der Waals surface area contributed by atoms with Crippen LogP contribution in [0.1, 0.15) is 30.1 Å². The summed E-state index contributed by atoms with van der Waals surface area (Å²) < 4.78 is 38.2. The van der Waals surface area contributed by atoms with E-state index in [0.717, 1.165) is 0 Å². The van der Waals surface area contributed by atoms with E-state index < -0.39 is 30.7 Å². The molecule has 1 aromatic rings. The van der Waals surface area contributed by atoms with Gasteiger partial charge in [-0.15, -0.1) is 0 Å². The fourth-order valence-corrected chi connectivity index (χ4v) is 2.38. The number of halogens is 3. The summed E-state index contributed by atoms with van der Waals surface area (Å²) in [6, 6.07) is 5.72. The van der Waals surface area contributed by atoms with E-state index in [1.807, 2.05) is 0 Å². The maximum atomic E-state index is 12.7. The predicted molar refractivity (Wildman–Crippen MR) is 77.3 cm³/mol. The van der Waals surface area contributed by atoms with Crippen molar-refractivity contribution >= 4 is 17.5 Å². The van der Waals surface area contributed by atoms with Crippen molar-refractivity contribution in [2.45, 2.75) is 31.5 Å². The monoisotopic (exact) mass is 330 g/mol. The first-order valence-corrected chi connectivity index (χ1v) is 7.08. The third kappa shape index (κ3) is 3.82. The van der Waals surface area contributed by atoms with Crippen molar-refractivity contribution in [2.75, 3.05) is 18.4 Å². The van der Waals surface area contributed by atoms with E-state index in [2.05, 4.69) is 5.32 Å². The molecule has 8 heteroatoms. The van der Waals surface area contributed by atoms with Gasteiger partial charge in [0, 0.05) is 37.2 Å². The third-order valence-electron chi connectivity index (χ3n) is 3.93. The summed E-state index contributed by atoms with van der Waals surface area (Å²) in [5, 5.41) is 12.1. The minimum atomic E-state index is -4.70. The highest BCUT2D eigenvalue weighted by Crippen LogP contribution is 2.38. The highest BCUT2D eigenvalue weighted by Gasteiger charge is 2.54. The number of amides is 2. The van der Waals surface area contributed by atoms with Gasteiger partial charge in [-0.05, 0) is 19.1 Å². The van der Waals surface area contributed by atoms with Crippen molar-refractivity contribution in [1.29, 1.82) is 0 Å². The first-order chi connectivity index (χ1) is 10.6. The first kappa shape index (κ1) is 17.3. The van der Waals surface area contributed by atoms with Crippen LogP contribution in [-0.2, 0) is 0 Å². The second kappa shape index (κ2) is 6.19. The number of Topliss-reactive ketones (excluding diaryl/α,β-unsaturated/α-hetero) is 1. The maximum absolute atomic E-state index is 12.7. The molecule has 126 valence electrons. The molecule has 0 atom stereocenters. The zero-order valence-corrected chi connectivity index (χ0v) is 12.5. The Morgan fingerprint density at radius 2 is 1.87 bits per heavy atom. The van der Waals surface area contributed by atoms with Crippen LogP contribution >= 0.6 is 0 Å². The molecule has 1 heterocycles. The van der Waals surface area contributed by atoms with Gasteiger partial charge < -0.3 is 15.3 Å². The minimum absolute atomic E-state index is 0.158. The molecule has 5 nitrogen and oxygen atoms in total. The number of carbonyl (C=O) groups excluding carboxylic acids is 2. The molecular weight excluding hydrogens is 313 g/mol. The molecule has 0 spiro atoms. The number of aliphatic hydroxyl groups is 1. The maximum Gasteiger partial charge on any atom is 0.417 e. The number of nitrogens with one attached hydrogen (secondary N) is 1. The molecular formula is C15H17F3N2O3. The molecule has 2 rings (SSSR count). The van der Waals surface area contributed by atoms with Crippen LogP contribution < -0.4 is 5.32 Å². The summed E-state index contributed by atoms with van der Waals surface area (Å²) in [6.45, 7) is 0.992. The fourth-order valence-electron chi connectivity index (χ4n) is 2.38. The standard InChI is InChI=1S/C15H17F3N2O3/c1-10(21)11-3-2-4-12(9-11)19-13(22)20-7-5-14(23,6-8-20)15(16,17)18/h2-4,9,23H,5-8H2,1H3,(H,19,22). The van der Waals surface area contributed by atoms with Crippen LogP contribution in [0.5, 0.6) is 0 Å². The summed E-state index contributed by atoms with van der Waals surface area (Å²) in [5.41, 5.74) is -1.93. The van der Waals surface area contributed by atoms with Gasteiger partial charge in [0.2, 0.25) is 0 Å². The highest BCUT2D eigenvalue weighted by molar-refractivity contribution is 5.96. The molecule has 1 aromatic carbocycles. The summed E-state index contributed by atoms with van der Waals surface area (Å²) in [4.78, 5) is 24.6. The number of piperidine rings is 1. The average molecular weight is 330 g/mol. The van der Waals surface area contributed by atoms with Gasteiger partial charge in [0.15, 0.2) is 11.4 Å². The van der Waals surface area contributed by atoms with Crippen LogP contribution in [0.25, 0.3) is 0 Å². The Hall–Kier alpha value is -2.09. The van der Waals surface area contributed by atoms with Crippen LogP contribution in [0.15, 0.2) is 24.3 Å². The Morgan fingerprint density at radius 3 is 2.39 bits per heavy atom. The van der Waals surface area contributed by atoms with Gasteiger partial charge in [-0.3, -0.25) is 4.79 Å². The molecule has 23 heavy (non-hydrogen) atoms. The predicted octanol–water partition coefficient (Wildman–Crippen LogP) is 2.81. The summed E-state index contributed by atoms with van der Waals surface area (Å²) in [6.07, 6.45) is -5.82. The van der Waals surface area contributed by atoms with Gasteiger partial charge in [0.25, 0.3) is 0 Å². The fraction of sp³-hybridized carbons (Fsp3) is 0.467. The van der Waals surface area contributed by atoms with E-state index >= 15 is 0 Å². The van der Waals surface area contributed by atoms with Crippen LogP contribution in [0.4, 0.5) is 23.7 Å². The summed E-state index contributed by atoms with van der Waals surface area (Å²) in [5.74, 6) is -0.158. The summed E-state index contributed by atoms with van der Waals surface area (Å²) >= 11 is 0. The SMILES string of the molecule is CC(=O)c1cccc(NC(=O)N2CCC(O)(C(F)(F)F)CC2)c1. The van der Waals surface area contributed by atoms with E-state index in [0.29, 0.717) is 11.3 Å². The molecule has 1 saturated heterocycles. The van der Waals surface area contributed by atoms with Crippen LogP contribution in [0.3, 0.4) is 0 Å². The third-order valence-corrected chi connectivity index (χ3v) is 3.93. The average Bonchev–Trinajstić information content (AvgIpc) is 2.47. The zero-order valence-electron chi connectivity index (χ0n) is 12.5. The van der Waals surface area contributed by atoms with E-state index in [9.17, 15) is 27.9 Å². The number of rotatable bonds is 2. The van der Waals surface area contributed by atoms with Crippen molar-refractivity contribution in [1.82, 2.24) is 4.90 Å². The number of urea groups is 1. The number of nitrogens with zero attached hydrogens (tertiary/aromatic N) is 1. The Kier molecular flexibility index (Phi) is 4.65. The minimum Gasteiger partial charge on any atom is -0.380 e. The van der Waals surface area contributed by atoms with Crippen molar-refractivity contribution in [3.63, 3.8) is 0 Å². The Bertz CT molecular complexity index is 608. The largest absolute Gasteiger partial charge is 0.417 e. The molecule has 0 aromatic heterocycles. The van der Waals surface area contributed by atoms with Crippen molar-refractivity contribution in [3.8, 4) is 0 Å². The molecule has 1 aliphatic heterocycles. The number of hydrogen-bond acceptors (Lipinski definition) is 3. The second-order valence-electron chi connectivity index (χ2n) is 5.58. The highest BCUT2D eigenvalue weighted by atomic mass is 19.4. The van der Waals surface area contributed by atoms with E-state index in [1.165, 1.54) is 17.9 Å². The van der Waals surface area contributed by atoms with Crippen molar-refractivity contribution in [3.05, 3.63) is 29.8 Å². The number of anilines is 1. The number of likely N-dealkylation sites (tertiary alicyclic amines) is 1. The molecule has 1 fully saturated rings. The van der Waals surface area contributed by atoms with E-state index in [1.54, 1.807) is 18.2 Å². The van der Waals surface area contributed by atoms with Gasteiger partial charge in [-0.2, -0.15) is 13.2 Å². The van der Waals surface area contributed by atoms with Crippen LogP contribution in [0, 0.1) is 0 Å². The molecule has 2 amide bonds. The summed E-state index contributed by atoms with van der Waals surface area (Å²) in [7, 11) is 0. The van der Waals surface area contributed by atoms with E-state index in [-0.39, 0.29) is 18.9 Å². The van der Waals surface area contributed by atoms with E-state index in [4.69, 9.17) is 0 Å². The Morgan fingerprint density at radius 1 is 1.26 bits per heavy atom. The molecule has 0 aliphatic carbocycles. The van der Waals surface area contributed by atoms with Crippen LogP contribution in [-0.4, -0.2) is 46.7 Å². The lowest BCUT2D eigenvalue weighted by Crippen LogP contribution is -2.55. The molecule has 0 bridgehead atoms. The lowest BCUT2D eigenvalue weighted by molar-refractivity contribution is -0.271. The van der Waals surface area contributed by atoms with Gasteiger partial charge in [-0.1, -0.05) is 12.1 Å². The van der Waals surface area contributed by atoms with Gasteiger partial charge in [-0.25, -0.2) is 4.79 Å². The van der Waals surface area contributed by atoms with Crippen molar-refractivity contribution in [2.24, 2.45) is 0 Å². The topological polar surface area (TPSA) is 69.6 Å². The van der Waals surface area contributed by atoms with Crippen molar-refractivity contribution < 1.29 is 27.9 Å². The Labute approximate surface area is 131 Å². The number of hydrogen-bond donors (Lipinski definition) is 2.